The summed E-state index contributed by atoms with van der Waals surface area (Å²) >= 11 is 0. The number of amides is 1. The Balaban J connectivity index is 2.09. The predicted molar refractivity (Wildman–Crippen MR) is 65.2 cm³/mol. The second kappa shape index (κ2) is 4.30. The molecule has 1 amide bonds. The standard InChI is InChI=1S/C13H21N3O/c1-10-7-16(8-11(2)15(10)3)12(17)13(9-14)5-4-6-13/h10-11H,4-8H2,1-3H3. The zero-order chi connectivity index (χ0) is 12.6. The first-order valence-corrected chi connectivity index (χ1v) is 6.43. The van der Waals surface area contributed by atoms with Gasteiger partial charge in [-0.2, -0.15) is 5.26 Å². The molecule has 2 aliphatic rings. The van der Waals surface area contributed by atoms with Crippen molar-refractivity contribution >= 4 is 5.91 Å². The Morgan fingerprint density at radius 2 is 1.82 bits per heavy atom. The first kappa shape index (κ1) is 12.4. The molecular formula is C13H21N3O. The van der Waals surface area contributed by atoms with Gasteiger partial charge in [-0.05, 0) is 40.2 Å². The van der Waals surface area contributed by atoms with Gasteiger partial charge in [0.25, 0.3) is 0 Å². The first-order chi connectivity index (χ1) is 8.00. The summed E-state index contributed by atoms with van der Waals surface area (Å²) < 4.78 is 0. The number of carbonyl (C=O) groups excluding carboxylic acids is 1. The van der Waals surface area contributed by atoms with Crippen LogP contribution in [0.3, 0.4) is 0 Å². The highest BCUT2D eigenvalue weighted by molar-refractivity contribution is 5.86. The summed E-state index contributed by atoms with van der Waals surface area (Å²) in [7, 11) is 2.10. The quantitative estimate of drug-likeness (QED) is 0.687. The van der Waals surface area contributed by atoms with Crippen molar-refractivity contribution in [1.82, 2.24) is 9.80 Å². The fourth-order valence-electron chi connectivity index (χ4n) is 2.78. The van der Waals surface area contributed by atoms with Crippen LogP contribution in [-0.4, -0.2) is 47.9 Å². The van der Waals surface area contributed by atoms with Crippen LogP contribution >= 0.6 is 0 Å². The summed E-state index contributed by atoms with van der Waals surface area (Å²) in [5.74, 6) is 0.0676. The molecule has 94 valence electrons. The van der Waals surface area contributed by atoms with Crippen LogP contribution in [0.4, 0.5) is 0 Å². The van der Waals surface area contributed by atoms with Crippen molar-refractivity contribution in [2.75, 3.05) is 20.1 Å². The number of piperazine rings is 1. The van der Waals surface area contributed by atoms with Crippen LogP contribution in [0, 0.1) is 16.7 Å². The summed E-state index contributed by atoms with van der Waals surface area (Å²) in [6.07, 6.45) is 2.51. The van der Waals surface area contributed by atoms with E-state index in [9.17, 15) is 10.1 Å². The smallest absolute Gasteiger partial charge is 0.243 e. The lowest BCUT2D eigenvalue weighted by atomic mass is 9.69. The average Bonchev–Trinajstić information content (AvgIpc) is 2.24. The van der Waals surface area contributed by atoms with E-state index in [1.165, 1.54) is 0 Å². The minimum atomic E-state index is -0.685. The maximum atomic E-state index is 12.4. The van der Waals surface area contributed by atoms with E-state index < -0.39 is 5.41 Å². The van der Waals surface area contributed by atoms with Gasteiger partial charge in [-0.3, -0.25) is 9.69 Å². The van der Waals surface area contributed by atoms with Crippen molar-refractivity contribution in [1.29, 1.82) is 5.26 Å². The van der Waals surface area contributed by atoms with Gasteiger partial charge in [-0.15, -0.1) is 0 Å². The Morgan fingerprint density at radius 3 is 2.18 bits per heavy atom. The molecule has 0 bridgehead atoms. The Morgan fingerprint density at radius 1 is 1.29 bits per heavy atom. The molecule has 2 fully saturated rings. The molecule has 1 aliphatic carbocycles. The zero-order valence-corrected chi connectivity index (χ0v) is 10.9. The van der Waals surface area contributed by atoms with Crippen LogP contribution in [0.1, 0.15) is 33.1 Å². The lowest BCUT2D eigenvalue weighted by molar-refractivity contribution is -0.147. The van der Waals surface area contributed by atoms with Crippen LogP contribution in [0.5, 0.6) is 0 Å². The fourth-order valence-corrected chi connectivity index (χ4v) is 2.78. The van der Waals surface area contributed by atoms with Crippen molar-refractivity contribution in [3.05, 3.63) is 0 Å². The number of likely N-dealkylation sites (N-methyl/N-ethyl adjacent to an activating group) is 1. The highest BCUT2D eigenvalue weighted by atomic mass is 16.2. The van der Waals surface area contributed by atoms with Crippen LogP contribution < -0.4 is 0 Å². The molecule has 0 aromatic rings. The Kier molecular flexibility index (Phi) is 3.13. The molecule has 0 radical (unpaired) electrons. The topological polar surface area (TPSA) is 47.3 Å². The van der Waals surface area contributed by atoms with E-state index in [0.29, 0.717) is 12.1 Å². The van der Waals surface area contributed by atoms with Gasteiger partial charge >= 0.3 is 0 Å². The number of nitrogens with zero attached hydrogens (tertiary/aromatic N) is 3. The summed E-state index contributed by atoms with van der Waals surface area (Å²) in [6, 6.07) is 3.00. The third-order valence-corrected chi connectivity index (χ3v) is 4.48. The maximum absolute atomic E-state index is 12.4. The van der Waals surface area contributed by atoms with Crippen molar-refractivity contribution in [2.24, 2.45) is 5.41 Å². The molecule has 4 heteroatoms. The van der Waals surface area contributed by atoms with Crippen molar-refractivity contribution in [2.45, 2.75) is 45.2 Å². The second-order valence-electron chi connectivity index (χ2n) is 5.62. The maximum Gasteiger partial charge on any atom is 0.243 e. The Bertz CT molecular complexity index is 344. The molecule has 2 rings (SSSR count). The highest BCUT2D eigenvalue weighted by Gasteiger charge is 2.48. The van der Waals surface area contributed by atoms with E-state index in [2.05, 4.69) is 31.9 Å². The van der Waals surface area contributed by atoms with Gasteiger partial charge in [0, 0.05) is 25.2 Å². The van der Waals surface area contributed by atoms with Crippen molar-refractivity contribution in [3.8, 4) is 6.07 Å². The van der Waals surface area contributed by atoms with Gasteiger partial charge in [0.2, 0.25) is 5.91 Å². The highest BCUT2D eigenvalue weighted by Crippen LogP contribution is 2.42. The van der Waals surface area contributed by atoms with E-state index in [0.717, 1.165) is 32.4 Å². The second-order valence-corrected chi connectivity index (χ2v) is 5.62. The van der Waals surface area contributed by atoms with E-state index in [-0.39, 0.29) is 5.91 Å². The number of nitriles is 1. The van der Waals surface area contributed by atoms with E-state index in [1.54, 1.807) is 0 Å². The molecule has 0 aromatic heterocycles. The summed E-state index contributed by atoms with van der Waals surface area (Å²) in [4.78, 5) is 16.6. The molecule has 0 spiro atoms. The van der Waals surface area contributed by atoms with Gasteiger partial charge in [0.05, 0.1) is 6.07 Å². The molecule has 1 heterocycles. The molecule has 0 N–H and O–H groups in total. The fraction of sp³-hybridized carbons (Fsp3) is 0.846. The molecule has 1 aliphatic heterocycles. The Labute approximate surface area is 103 Å². The van der Waals surface area contributed by atoms with Crippen LogP contribution in [0.25, 0.3) is 0 Å². The molecule has 2 unspecified atom stereocenters. The van der Waals surface area contributed by atoms with Crippen LogP contribution in [0.15, 0.2) is 0 Å². The molecular weight excluding hydrogens is 214 g/mol. The lowest BCUT2D eigenvalue weighted by Gasteiger charge is -2.46. The van der Waals surface area contributed by atoms with Gasteiger partial charge in [0.1, 0.15) is 5.41 Å². The average molecular weight is 235 g/mol. The van der Waals surface area contributed by atoms with Gasteiger partial charge in [-0.25, -0.2) is 0 Å². The monoisotopic (exact) mass is 235 g/mol. The Hall–Kier alpha value is -1.08. The lowest BCUT2D eigenvalue weighted by Crippen LogP contribution is -2.59. The number of rotatable bonds is 1. The van der Waals surface area contributed by atoms with E-state index in [4.69, 9.17) is 0 Å². The number of hydrogen-bond donors (Lipinski definition) is 0. The number of hydrogen-bond acceptors (Lipinski definition) is 3. The van der Waals surface area contributed by atoms with E-state index in [1.807, 2.05) is 4.90 Å². The summed E-state index contributed by atoms with van der Waals surface area (Å²) in [5, 5.41) is 9.21. The number of carbonyl (C=O) groups is 1. The molecule has 0 aromatic carbocycles. The van der Waals surface area contributed by atoms with Gasteiger partial charge in [-0.1, -0.05) is 0 Å². The van der Waals surface area contributed by atoms with Crippen molar-refractivity contribution < 1.29 is 4.79 Å². The van der Waals surface area contributed by atoms with Gasteiger partial charge in [0.15, 0.2) is 0 Å². The molecule has 2 atom stereocenters. The molecule has 4 nitrogen and oxygen atoms in total. The largest absolute Gasteiger partial charge is 0.338 e. The predicted octanol–water partition coefficient (Wildman–Crippen LogP) is 1.23. The van der Waals surface area contributed by atoms with E-state index >= 15 is 0 Å². The normalized spacial score (nSPS) is 32.7. The SMILES string of the molecule is CC1CN(C(=O)C2(C#N)CCC2)CC(C)N1C. The molecule has 17 heavy (non-hydrogen) atoms. The summed E-state index contributed by atoms with van der Waals surface area (Å²) in [6.45, 7) is 5.78. The van der Waals surface area contributed by atoms with Gasteiger partial charge < -0.3 is 4.90 Å². The third-order valence-electron chi connectivity index (χ3n) is 4.48. The minimum Gasteiger partial charge on any atom is -0.338 e. The van der Waals surface area contributed by atoms with Crippen molar-refractivity contribution in [3.63, 3.8) is 0 Å². The molecule has 1 saturated carbocycles. The van der Waals surface area contributed by atoms with Crippen LogP contribution in [0.2, 0.25) is 0 Å². The summed E-state index contributed by atoms with van der Waals surface area (Å²) in [5.41, 5.74) is -0.685. The molecule has 1 saturated heterocycles. The third kappa shape index (κ3) is 1.93. The van der Waals surface area contributed by atoms with Crippen LogP contribution in [-0.2, 0) is 4.79 Å². The zero-order valence-electron chi connectivity index (χ0n) is 10.9. The first-order valence-electron chi connectivity index (χ1n) is 6.43. The minimum absolute atomic E-state index is 0.0676.